The van der Waals surface area contributed by atoms with Crippen LogP contribution in [0.2, 0.25) is 5.02 Å². The first-order valence-corrected chi connectivity index (χ1v) is 12.1. The highest BCUT2D eigenvalue weighted by Gasteiger charge is 2.47. The Labute approximate surface area is 223 Å². The highest BCUT2D eigenvalue weighted by Crippen LogP contribution is 2.45. The summed E-state index contributed by atoms with van der Waals surface area (Å²) in [7, 11) is 4.70. The van der Waals surface area contributed by atoms with E-state index in [0.717, 1.165) is 10.9 Å². The predicted molar refractivity (Wildman–Crippen MR) is 142 cm³/mol. The molecule has 7 nitrogen and oxygen atoms in total. The lowest BCUT2D eigenvalue weighted by molar-refractivity contribution is -0.140. The molecule has 1 amide bonds. The quantitative estimate of drug-likeness (QED) is 0.197. The number of carbonyl (C=O) groups excluding carboxylic acids is 2. The van der Waals surface area contributed by atoms with Crippen molar-refractivity contribution in [2.75, 3.05) is 14.2 Å². The molecule has 1 aliphatic heterocycles. The minimum atomic E-state index is -0.933. The molecular weight excluding hydrogens is 511 g/mol. The number of ketones is 1. The number of halogens is 2. The number of aliphatic hydroxyl groups excluding tert-OH is 1. The molecule has 0 radical (unpaired) electrons. The van der Waals surface area contributed by atoms with E-state index in [1.54, 1.807) is 12.1 Å². The topological polar surface area (TPSA) is 81.0 Å². The Bertz CT molecular complexity index is 1610. The summed E-state index contributed by atoms with van der Waals surface area (Å²) in [5, 5.41) is 12.7. The summed E-state index contributed by atoms with van der Waals surface area (Å²) in [5.41, 5.74) is 2.23. The van der Waals surface area contributed by atoms with Crippen molar-refractivity contribution in [3.63, 3.8) is 0 Å². The van der Waals surface area contributed by atoms with E-state index in [1.165, 1.54) is 43.4 Å². The molecule has 2 heterocycles. The Hall–Kier alpha value is -4.30. The van der Waals surface area contributed by atoms with Crippen LogP contribution in [0, 0.1) is 5.82 Å². The van der Waals surface area contributed by atoms with Crippen LogP contribution in [0.4, 0.5) is 4.39 Å². The summed E-state index contributed by atoms with van der Waals surface area (Å²) < 4.78 is 26.2. The normalized spacial score (nSPS) is 16.9. The number of aryl methyl sites for hydroxylation is 1. The maximum absolute atomic E-state index is 13.6. The Morgan fingerprint density at radius 1 is 1.03 bits per heavy atom. The Morgan fingerprint density at radius 3 is 2.39 bits per heavy atom. The molecule has 1 unspecified atom stereocenters. The summed E-state index contributed by atoms with van der Waals surface area (Å²) >= 11 is 6.25. The van der Waals surface area contributed by atoms with E-state index in [4.69, 9.17) is 21.1 Å². The van der Waals surface area contributed by atoms with Crippen molar-refractivity contribution in [3.8, 4) is 11.5 Å². The van der Waals surface area contributed by atoms with Crippen LogP contribution >= 0.6 is 11.6 Å². The van der Waals surface area contributed by atoms with Crippen molar-refractivity contribution in [1.29, 1.82) is 0 Å². The van der Waals surface area contributed by atoms with Crippen LogP contribution in [0.1, 0.15) is 22.7 Å². The molecule has 1 aliphatic rings. The first-order chi connectivity index (χ1) is 18.2. The Kier molecular flexibility index (Phi) is 6.59. The number of ether oxygens (including phenoxy) is 2. The first kappa shape index (κ1) is 25.4. The van der Waals surface area contributed by atoms with E-state index >= 15 is 0 Å². The third-order valence-corrected chi connectivity index (χ3v) is 7.05. The number of rotatable bonds is 6. The van der Waals surface area contributed by atoms with Gasteiger partial charge in [0.25, 0.3) is 11.7 Å². The van der Waals surface area contributed by atoms with Gasteiger partial charge >= 0.3 is 0 Å². The van der Waals surface area contributed by atoms with E-state index in [-0.39, 0.29) is 34.2 Å². The standard InChI is InChI=1S/C29H24ClFN2O5/c1-32-15-20(18-6-4-5-7-22(18)32)26-25(27(34)19-12-24(38-3)21(30)13-23(19)37-2)28(35)29(36)33(26)14-16-8-10-17(31)11-9-16/h4-13,15,26,34H,14H2,1-3H3/b27-25+. The molecule has 0 spiro atoms. The van der Waals surface area contributed by atoms with Gasteiger partial charge in [-0.15, -0.1) is 0 Å². The number of Topliss-reactive ketones (excluding diaryl/α,β-unsaturated/α-hetero) is 1. The van der Waals surface area contributed by atoms with Crippen molar-refractivity contribution in [1.82, 2.24) is 9.47 Å². The fourth-order valence-corrected chi connectivity index (χ4v) is 5.17. The zero-order chi connectivity index (χ0) is 27.1. The van der Waals surface area contributed by atoms with Crippen LogP contribution in [-0.2, 0) is 23.2 Å². The minimum absolute atomic E-state index is 0.0244. The van der Waals surface area contributed by atoms with Gasteiger partial charge in [-0.05, 0) is 29.8 Å². The number of carbonyl (C=O) groups is 2. The van der Waals surface area contributed by atoms with Crippen LogP contribution in [-0.4, -0.2) is 40.5 Å². The second-order valence-corrected chi connectivity index (χ2v) is 9.36. The molecule has 1 fully saturated rings. The number of aromatic nitrogens is 1. The summed E-state index contributed by atoms with van der Waals surface area (Å²) in [5.74, 6) is -2.00. The molecule has 1 atom stereocenters. The molecule has 194 valence electrons. The van der Waals surface area contributed by atoms with Crippen molar-refractivity contribution in [2.24, 2.45) is 7.05 Å². The van der Waals surface area contributed by atoms with Gasteiger partial charge in [0.1, 0.15) is 23.1 Å². The second kappa shape index (κ2) is 9.87. The van der Waals surface area contributed by atoms with Crippen molar-refractivity contribution in [3.05, 3.63) is 100.0 Å². The number of methoxy groups -OCH3 is 2. The lowest BCUT2D eigenvalue weighted by Gasteiger charge is -2.25. The summed E-state index contributed by atoms with van der Waals surface area (Å²) in [4.78, 5) is 28.4. The monoisotopic (exact) mass is 534 g/mol. The van der Waals surface area contributed by atoms with Crippen LogP contribution < -0.4 is 9.47 Å². The molecule has 1 aromatic heterocycles. The molecule has 38 heavy (non-hydrogen) atoms. The SMILES string of the molecule is COc1cc(/C(O)=C2\C(=O)C(=O)N(Cc3ccc(F)cc3)C2c2cn(C)c3ccccc23)c(OC)cc1Cl. The van der Waals surface area contributed by atoms with Crippen LogP contribution in [0.25, 0.3) is 16.7 Å². The largest absolute Gasteiger partial charge is 0.507 e. The fourth-order valence-electron chi connectivity index (χ4n) is 4.93. The second-order valence-electron chi connectivity index (χ2n) is 8.95. The molecule has 1 saturated heterocycles. The third kappa shape index (κ3) is 4.16. The number of para-hydroxylation sites is 1. The minimum Gasteiger partial charge on any atom is -0.507 e. The number of likely N-dealkylation sites (tertiary alicyclic amines) is 1. The number of aliphatic hydroxyl groups is 1. The lowest BCUT2D eigenvalue weighted by Crippen LogP contribution is -2.29. The number of benzene rings is 3. The molecule has 0 bridgehead atoms. The van der Waals surface area contributed by atoms with E-state index in [9.17, 15) is 19.1 Å². The van der Waals surface area contributed by atoms with Gasteiger partial charge in [-0.3, -0.25) is 9.59 Å². The predicted octanol–water partition coefficient (Wildman–Crippen LogP) is 5.61. The van der Waals surface area contributed by atoms with Gasteiger partial charge in [-0.1, -0.05) is 41.9 Å². The number of amides is 1. The fraction of sp³-hybridized carbons (Fsp3) is 0.172. The molecule has 0 aliphatic carbocycles. The van der Waals surface area contributed by atoms with E-state index < -0.39 is 29.3 Å². The lowest BCUT2D eigenvalue weighted by atomic mass is 9.94. The van der Waals surface area contributed by atoms with E-state index in [0.29, 0.717) is 11.1 Å². The first-order valence-electron chi connectivity index (χ1n) is 11.7. The average Bonchev–Trinajstić information content (AvgIpc) is 3.38. The highest BCUT2D eigenvalue weighted by molar-refractivity contribution is 6.46. The van der Waals surface area contributed by atoms with Gasteiger partial charge in [-0.2, -0.15) is 0 Å². The molecule has 0 saturated carbocycles. The van der Waals surface area contributed by atoms with Crippen molar-refractivity contribution >= 4 is 40.0 Å². The highest BCUT2D eigenvalue weighted by atomic mass is 35.5. The van der Waals surface area contributed by atoms with Crippen LogP contribution in [0.5, 0.6) is 11.5 Å². The van der Waals surface area contributed by atoms with Gasteiger partial charge in [-0.25, -0.2) is 4.39 Å². The van der Waals surface area contributed by atoms with Gasteiger partial charge in [0.05, 0.1) is 36.4 Å². The molecule has 1 N–H and O–H groups in total. The average molecular weight is 535 g/mol. The third-order valence-electron chi connectivity index (χ3n) is 6.76. The number of fused-ring (bicyclic) bond motifs is 1. The van der Waals surface area contributed by atoms with Gasteiger partial charge in [0.15, 0.2) is 0 Å². The maximum Gasteiger partial charge on any atom is 0.295 e. The number of hydrogen-bond acceptors (Lipinski definition) is 5. The smallest absolute Gasteiger partial charge is 0.295 e. The Morgan fingerprint density at radius 2 is 1.71 bits per heavy atom. The maximum atomic E-state index is 13.6. The van der Waals surface area contributed by atoms with Crippen molar-refractivity contribution in [2.45, 2.75) is 12.6 Å². The number of hydrogen-bond donors (Lipinski definition) is 1. The zero-order valence-corrected chi connectivity index (χ0v) is 21.6. The zero-order valence-electron chi connectivity index (χ0n) is 20.9. The molecule has 5 rings (SSSR count). The van der Waals surface area contributed by atoms with Gasteiger partial charge in [0.2, 0.25) is 0 Å². The molecule has 3 aromatic carbocycles. The number of nitrogens with zero attached hydrogens (tertiary/aromatic N) is 2. The summed E-state index contributed by atoms with van der Waals surface area (Å²) in [6, 6.07) is 15.3. The van der Waals surface area contributed by atoms with Crippen LogP contribution in [0.3, 0.4) is 0 Å². The van der Waals surface area contributed by atoms with E-state index in [2.05, 4.69) is 0 Å². The van der Waals surface area contributed by atoms with Crippen molar-refractivity contribution < 1.29 is 28.6 Å². The Balaban J connectivity index is 1.76. The molecular formula is C29H24ClFN2O5. The van der Waals surface area contributed by atoms with Crippen LogP contribution in [0.15, 0.2) is 72.4 Å². The van der Waals surface area contributed by atoms with Gasteiger partial charge < -0.3 is 24.0 Å². The summed E-state index contributed by atoms with van der Waals surface area (Å²) in [6.45, 7) is 0.0244. The van der Waals surface area contributed by atoms with E-state index in [1.807, 2.05) is 42.1 Å². The molecule has 4 aromatic rings. The summed E-state index contributed by atoms with van der Waals surface area (Å²) in [6.07, 6.45) is 1.84. The van der Waals surface area contributed by atoms with Gasteiger partial charge in [0, 0.05) is 42.3 Å². The molecule has 9 heteroatoms.